The molecule has 15 heavy (non-hydrogen) atoms. The average Bonchev–Trinajstić information content (AvgIpc) is 2.29. The van der Waals surface area contributed by atoms with Gasteiger partial charge in [0, 0.05) is 19.6 Å². The van der Waals surface area contributed by atoms with Crippen LogP contribution in [0.2, 0.25) is 0 Å². The van der Waals surface area contributed by atoms with Crippen molar-refractivity contribution in [2.75, 3.05) is 19.6 Å². The summed E-state index contributed by atoms with van der Waals surface area (Å²) in [5.41, 5.74) is 0. The Kier molecular flexibility index (Phi) is 4.58. The van der Waals surface area contributed by atoms with Gasteiger partial charge in [-0.25, -0.2) is 0 Å². The quantitative estimate of drug-likeness (QED) is 0.768. The third kappa shape index (κ3) is 3.82. The molecule has 0 bridgehead atoms. The van der Waals surface area contributed by atoms with Gasteiger partial charge in [0.1, 0.15) is 0 Å². The Hall–Kier alpha value is -0.570. The fraction of sp³-hybridized carbons (Fsp3) is 0.917. The van der Waals surface area contributed by atoms with E-state index in [2.05, 4.69) is 26.1 Å². The van der Waals surface area contributed by atoms with Crippen LogP contribution < -0.4 is 5.32 Å². The summed E-state index contributed by atoms with van der Waals surface area (Å²) >= 11 is 0. The third-order valence-corrected chi connectivity index (χ3v) is 2.96. The lowest BCUT2D eigenvalue weighted by molar-refractivity contribution is -0.132. The molecule has 0 aliphatic carbocycles. The highest BCUT2D eigenvalue weighted by atomic mass is 16.2. The van der Waals surface area contributed by atoms with Crippen LogP contribution in [0.3, 0.4) is 0 Å². The summed E-state index contributed by atoms with van der Waals surface area (Å²) in [6.07, 6.45) is 1.10. The summed E-state index contributed by atoms with van der Waals surface area (Å²) in [5.74, 6) is 1.49. The molecular formula is C12H24N2O. The molecular weight excluding hydrogens is 188 g/mol. The van der Waals surface area contributed by atoms with E-state index >= 15 is 0 Å². The number of hydrogen-bond donors (Lipinski definition) is 1. The highest BCUT2D eigenvalue weighted by Crippen LogP contribution is 2.10. The minimum absolute atomic E-state index is 0.0119. The van der Waals surface area contributed by atoms with Gasteiger partial charge in [0.25, 0.3) is 0 Å². The summed E-state index contributed by atoms with van der Waals surface area (Å²) in [4.78, 5) is 14.0. The zero-order chi connectivity index (χ0) is 11.4. The predicted molar refractivity (Wildman–Crippen MR) is 62.7 cm³/mol. The number of nitrogens with zero attached hydrogens (tertiary/aromatic N) is 1. The van der Waals surface area contributed by atoms with Crippen molar-refractivity contribution >= 4 is 5.91 Å². The summed E-state index contributed by atoms with van der Waals surface area (Å²) in [6, 6.07) is -0.0119. The van der Waals surface area contributed by atoms with Crippen LogP contribution in [-0.4, -0.2) is 36.5 Å². The standard InChI is InChI=1S/C12H24N2O/c1-9(2)5-6-14-8-10(3)7-13-11(4)12(14)15/h9-11,13H,5-8H2,1-4H3. The number of carbonyl (C=O) groups excluding carboxylic acids is 1. The second-order valence-corrected chi connectivity index (χ2v) is 5.20. The second-order valence-electron chi connectivity index (χ2n) is 5.20. The fourth-order valence-electron chi connectivity index (χ4n) is 1.89. The molecule has 2 unspecified atom stereocenters. The van der Waals surface area contributed by atoms with Crippen LogP contribution in [0.4, 0.5) is 0 Å². The Morgan fingerprint density at radius 1 is 1.47 bits per heavy atom. The Balaban J connectivity index is 2.54. The zero-order valence-corrected chi connectivity index (χ0v) is 10.4. The molecule has 0 radical (unpaired) electrons. The van der Waals surface area contributed by atoms with E-state index < -0.39 is 0 Å². The van der Waals surface area contributed by atoms with Gasteiger partial charge in [0.15, 0.2) is 0 Å². The molecule has 1 amide bonds. The van der Waals surface area contributed by atoms with Gasteiger partial charge >= 0.3 is 0 Å². The van der Waals surface area contributed by atoms with Crippen LogP contribution in [0.1, 0.15) is 34.1 Å². The smallest absolute Gasteiger partial charge is 0.239 e. The first kappa shape index (κ1) is 12.5. The predicted octanol–water partition coefficient (Wildman–Crippen LogP) is 1.49. The van der Waals surface area contributed by atoms with Crippen LogP contribution in [0.15, 0.2) is 0 Å². The van der Waals surface area contributed by atoms with Crippen molar-refractivity contribution in [3.63, 3.8) is 0 Å². The molecule has 0 spiro atoms. The lowest BCUT2D eigenvalue weighted by Crippen LogP contribution is -2.42. The molecule has 1 N–H and O–H groups in total. The lowest BCUT2D eigenvalue weighted by atomic mass is 10.1. The SMILES string of the molecule is CC(C)CCN1CC(C)CNC(C)C1=O. The third-order valence-electron chi connectivity index (χ3n) is 2.96. The van der Waals surface area contributed by atoms with Crippen LogP contribution >= 0.6 is 0 Å². The summed E-state index contributed by atoms with van der Waals surface area (Å²) < 4.78 is 0. The number of amides is 1. The van der Waals surface area contributed by atoms with E-state index in [1.165, 1.54) is 0 Å². The first-order valence-corrected chi connectivity index (χ1v) is 6.03. The Bertz CT molecular complexity index is 216. The number of hydrogen-bond acceptors (Lipinski definition) is 2. The van der Waals surface area contributed by atoms with Crippen LogP contribution in [0.5, 0.6) is 0 Å². The van der Waals surface area contributed by atoms with Crippen molar-refractivity contribution in [2.24, 2.45) is 11.8 Å². The second kappa shape index (κ2) is 5.50. The van der Waals surface area contributed by atoms with E-state index in [0.717, 1.165) is 26.1 Å². The van der Waals surface area contributed by atoms with E-state index in [1.807, 2.05) is 11.8 Å². The zero-order valence-electron chi connectivity index (χ0n) is 10.4. The van der Waals surface area contributed by atoms with E-state index in [1.54, 1.807) is 0 Å². The van der Waals surface area contributed by atoms with Gasteiger partial charge in [-0.15, -0.1) is 0 Å². The molecule has 0 aromatic carbocycles. The topological polar surface area (TPSA) is 32.3 Å². The van der Waals surface area contributed by atoms with Crippen molar-refractivity contribution in [3.05, 3.63) is 0 Å². The molecule has 1 fully saturated rings. The van der Waals surface area contributed by atoms with Gasteiger partial charge in [0.2, 0.25) is 5.91 Å². The van der Waals surface area contributed by atoms with Crippen LogP contribution in [0, 0.1) is 11.8 Å². The van der Waals surface area contributed by atoms with E-state index in [-0.39, 0.29) is 11.9 Å². The van der Waals surface area contributed by atoms with Gasteiger partial charge in [-0.2, -0.15) is 0 Å². The molecule has 1 heterocycles. The first-order valence-electron chi connectivity index (χ1n) is 6.03. The van der Waals surface area contributed by atoms with Crippen molar-refractivity contribution < 1.29 is 4.79 Å². The van der Waals surface area contributed by atoms with E-state index in [0.29, 0.717) is 11.8 Å². The molecule has 88 valence electrons. The van der Waals surface area contributed by atoms with Crippen molar-refractivity contribution in [3.8, 4) is 0 Å². The van der Waals surface area contributed by atoms with Gasteiger partial charge in [-0.05, 0) is 25.2 Å². The molecule has 3 heteroatoms. The molecule has 1 aliphatic heterocycles. The minimum atomic E-state index is -0.0119. The van der Waals surface area contributed by atoms with Gasteiger partial charge in [-0.3, -0.25) is 4.79 Å². The monoisotopic (exact) mass is 212 g/mol. The Labute approximate surface area is 93.2 Å². The molecule has 1 aliphatic rings. The number of rotatable bonds is 3. The molecule has 0 aromatic heterocycles. The highest BCUT2D eigenvalue weighted by Gasteiger charge is 2.25. The van der Waals surface area contributed by atoms with Crippen LogP contribution in [0.25, 0.3) is 0 Å². The summed E-state index contributed by atoms with van der Waals surface area (Å²) in [6.45, 7) is 11.3. The molecule has 0 aromatic rings. The maximum atomic E-state index is 12.0. The molecule has 1 rings (SSSR count). The first-order chi connectivity index (χ1) is 7.00. The van der Waals surface area contributed by atoms with Gasteiger partial charge in [-0.1, -0.05) is 20.8 Å². The highest BCUT2D eigenvalue weighted by molar-refractivity contribution is 5.81. The molecule has 3 nitrogen and oxygen atoms in total. The van der Waals surface area contributed by atoms with Crippen molar-refractivity contribution in [1.29, 1.82) is 0 Å². The molecule has 1 saturated heterocycles. The number of carbonyl (C=O) groups is 1. The van der Waals surface area contributed by atoms with Crippen molar-refractivity contribution in [1.82, 2.24) is 10.2 Å². The Morgan fingerprint density at radius 3 is 2.73 bits per heavy atom. The lowest BCUT2D eigenvalue weighted by Gasteiger charge is -2.24. The number of nitrogens with one attached hydrogen (secondary N) is 1. The van der Waals surface area contributed by atoms with Crippen molar-refractivity contribution in [2.45, 2.75) is 40.2 Å². The molecule has 2 atom stereocenters. The van der Waals surface area contributed by atoms with Gasteiger partial charge in [0.05, 0.1) is 6.04 Å². The fourth-order valence-corrected chi connectivity index (χ4v) is 1.89. The maximum absolute atomic E-state index is 12.0. The van der Waals surface area contributed by atoms with Crippen LogP contribution in [-0.2, 0) is 4.79 Å². The Morgan fingerprint density at radius 2 is 2.13 bits per heavy atom. The molecule has 0 saturated carbocycles. The maximum Gasteiger partial charge on any atom is 0.239 e. The van der Waals surface area contributed by atoms with E-state index in [4.69, 9.17) is 0 Å². The minimum Gasteiger partial charge on any atom is -0.341 e. The summed E-state index contributed by atoms with van der Waals surface area (Å²) in [7, 11) is 0. The largest absolute Gasteiger partial charge is 0.341 e. The summed E-state index contributed by atoms with van der Waals surface area (Å²) in [5, 5.41) is 3.27. The average molecular weight is 212 g/mol. The van der Waals surface area contributed by atoms with Gasteiger partial charge < -0.3 is 10.2 Å². The normalized spacial score (nSPS) is 28.3. The van der Waals surface area contributed by atoms with E-state index in [9.17, 15) is 4.79 Å².